The largest absolute Gasteiger partial charge is 0.477 e. The average molecular weight is 212 g/mol. The molecule has 0 aliphatic rings. The molecule has 7 heteroatoms. The van der Waals surface area contributed by atoms with Crippen LogP contribution >= 0.6 is 0 Å². The number of carboxylic acid groups (broad SMARTS) is 1. The predicted octanol–water partition coefficient (Wildman–Crippen LogP) is -0.596. The zero-order chi connectivity index (χ0) is 11.6. The Morgan fingerprint density at radius 3 is 2.73 bits per heavy atom. The first-order valence-electron chi connectivity index (χ1n) is 4.25. The summed E-state index contributed by atoms with van der Waals surface area (Å²) in [6.07, 6.45) is 1.17. The van der Waals surface area contributed by atoms with E-state index in [1.54, 1.807) is 0 Å². The van der Waals surface area contributed by atoms with Crippen molar-refractivity contribution < 1.29 is 14.7 Å². The van der Waals surface area contributed by atoms with Crippen molar-refractivity contribution >= 4 is 17.7 Å². The third kappa shape index (κ3) is 2.32. The van der Waals surface area contributed by atoms with Gasteiger partial charge in [0.15, 0.2) is 0 Å². The van der Waals surface area contributed by atoms with Gasteiger partial charge < -0.3 is 16.2 Å². The topological polar surface area (TPSA) is 110 Å². The number of hydrogen-bond donors (Lipinski definition) is 3. The fourth-order valence-corrected chi connectivity index (χ4v) is 0.973. The summed E-state index contributed by atoms with van der Waals surface area (Å²) < 4.78 is 1.27. The Balaban J connectivity index is 2.98. The normalized spacial score (nSPS) is 12.2. The maximum atomic E-state index is 11.3. The Labute approximate surface area is 85.9 Å². The number of aromatic carboxylic acids is 1. The van der Waals surface area contributed by atoms with Crippen LogP contribution in [0.5, 0.6) is 0 Å². The summed E-state index contributed by atoms with van der Waals surface area (Å²) in [5.41, 5.74) is 5.28. The van der Waals surface area contributed by atoms with Crippen LogP contribution in [0.3, 0.4) is 0 Å². The lowest BCUT2D eigenvalue weighted by Crippen LogP contribution is -2.33. The number of nitrogens with zero attached hydrogens (tertiary/aromatic N) is 2. The Kier molecular flexibility index (Phi) is 3.05. The molecule has 4 N–H and O–H groups in total. The Bertz CT molecular complexity index is 397. The van der Waals surface area contributed by atoms with Crippen molar-refractivity contribution in [3.05, 3.63) is 11.8 Å². The molecule has 1 heterocycles. The molecule has 1 rings (SSSR count). The first kappa shape index (κ1) is 11.2. The van der Waals surface area contributed by atoms with E-state index in [0.717, 1.165) is 0 Å². The van der Waals surface area contributed by atoms with Gasteiger partial charge in [-0.05, 0) is 6.92 Å². The summed E-state index contributed by atoms with van der Waals surface area (Å²) in [5, 5.41) is 14.9. The number of anilines is 1. The minimum atomic E-state index is -1.15. The van der Waals surface area contributed by atoms with Gasteiger partial charge in [-0.15, -0.1) is 0 Å². The van der Waals surface area contributed by atoms with E-state index in [1.807, 2.05) is 0 Å². The van der Waals surface area contributed by atoms with Crippen LogP contribution in [-0.2, 0) is 11.8 Å². The van der Waals surface area contributed by atoms with Gasteiger partial charge in [0.25, 0.3) is 0 Å². The molecule has 82 valence electrons. The molecule has 0 aliphatic carbocycles. The monoisotopic (exact) mass is 212 g/mol. The molecule has 1 aromatic rings. The van der Waals surface area contributed by atoms with Gasteiger partial charge >= 0.3 is 5.97 Å². The second-order valence-electron chi connectivity index (χ2n) is 3.11. The molecule has 0 saturated carbocycles. The second-order valence-corrected chi connectivity index (χ2v) is 3.11. The first-order valence-corrected chi connectivity index (χ1v) is 4.25. The summed E-state index contributed by atoms with van der Waals surface area (Å²) in [4.78, 5) is 22.0. The molecule has 1 aromatic heterocycles. The van der Waals surface area contributed by atoms with Crippen molar-refractivity contribution in [2.24, 2.45) is 12.8 Å². The minimum absolute atomic E-state index is 0.0634. The van der Waals surface area contributed by atoms with E-state index in [4.69, 9.17) is 10.8 Å². The van der Waals surface area contributed by atoms with E-state index in [1.165, 1.54) is 24.9 Å². The number of aromatic nitrogens is 2. The predicted molar refractivity (Wildman–Crippen MR) is 52.4 cm³/mol. The highest BCUT2D eigenvalue weighted by Gasteiger charge is 2.18. The van der Waals surface area contributed by atoms with Gasteiger partial charge in [-0.3, -0.25) is 9.48 Å². The number of amides is 1. The number of carbonyl (C=O) groups is 2. The van der Waals surface area contributed by atoms with Gasteiger partial charge in [0.1, 0.15) is 11.4 Å². The maximum absolute atomic E-state index is 11.3. The van der Waals surface area contributed by atoms with Crippen molar-refractivity contribution in [1.29, 1.82) is 0 Å². The summed E-state index contributed by atoms with van der Waals surface area (Å²) >= 11 is 0. The number of nitrogens with one attached hydrogen (secondary N) is 1. The molecule has 1 unspecified atom stereocenters. The third-order valence-corrected chi connectivity index (χ3v) is 1.82. The highest BCUT2D eigenvalue weighted by atomic mass is 16.4. The Morgan fingerprint density at radius 1 is 1.67 bits per heavy atom. The maximum Gasteiger partial charge on any atom is 0.341 e. The van der Waals surface area contributed by atoms with Gasteiger partial charge in [-0.2, -0.15) is 5.10 Å². The lowest BCUT2D eigenvalue weighted by atomic mass is 10.3. The number of nitrogens with two attached hydrogens (primary N) is 1. The van der Waals surface area contributed by atoms with Crippen molar-refractivity contribution in [2.75, 3.05) is 5.32 Å². The molecule has 1 atom stereocenters. The molecule has 0 aliphatic heterocycles. The van der Waals surface area contributed by atoms with Crippen molar-refractivity contribution in [3.63, 3.8) is 0 Å². The molecule has 1 amide bonds. The van der Waals surface area contributed by atoms with Crippen molar-refractivity contribution in [3.8, 4) is 0 Å². The summed E-state index contributed by atoms with van der Waals surface area (Å²) in [6.45, 7) is 1.51. The molecule has 7 nitrogen and oxygen atoms in total. The number of rotatable bonds is 3. The highest BCUT2D eigenvalue weighted by Crippen LogP contribution is 2.13. The summed E-state index contributed by atoms with van der Waals surface area (Å²) in [6, 6.07) is -0.707. The second kappa shape index (κ2) is 4.09. The molecule has 15 heavy (non-hydrogen) atoms. The van der Waals surface area contributed by atoms with Crippen LogP contribution in [0.15, 0.2) is 6.20 Å². The molecular formula is C8H12N4O3. The lowest BCUT2D eigenvalue weighted by Gasteiger charge is -2.08. The number of carboxylic acids is 1. The van der Waals surface area contributed by atoms with Gasteiger partial charge in [-0.25, -0.2) is 4.79 Å². The van der Waals surface area contributed by atoms with E-state index in [9.17, 15) is 9.59 Å². The molecule has 0 aromatic carbocycles. The lowest BCUT2D eigenvalue weighted by molar-refractivity contribution is -0.117. The number of aryl methyl sites for hydroxylation is 1. The zero-order valence-corrected chi connectivity index (χ0v) is 8.39. The molecule has 0 saturated heterocycles. The van der Waals surface area contributed by atoms with Crippen LogP contribution in [0.4, 0.5) is 5.82 Å². The number of carbonyl (C=O) groups excluding carboxylic acids is 1. The molecular weight excluding hydrogens is 200 g/mol. The van der Waals surface area contributed by atoms with E-state index >= 15 is 0 Å². The SMILES string of the molecule is CC(N)C(=O)Nc1c(C(=O)O)cnn1C. The Morgan fingerprint density at radius 2 is 2.27 bits per heavy atom. The smallest absolute Gasteiger partial charge is 0.341 e. The van der Waals surface area contributed by atoms with Gasteiger partial charge in [-0.1, -0.05) is 0 Å². The van der Waals surface area contributed by atoms with E-state index in [2.05, 4.69) is 10.4 Å². The van der Waals surface area contributed by atoms with E-state index < -0.39 is 17.9 Å². The minimum Gasteiger partial charge on any atom is -0.477 e. The molecule has 0 fully saturated rings. The van der Waals surface area contributed by atoms with Crippen molar-refractivity contribution in [1.82, 2.24) is 9.78 Å². The quantitative estimate of drug-likeness (QED) is 0.619. The molecule has 0 spiro atoms. The summed E-state index contributed by atoms with van der Waals surface area (Å²) in [5.74, 6) is -1.48. The van der Waals surface area contributed by atoms with Crippen molar-refractivity contribution in [2.45, 2.75) is 13.0 Å². The molecule has 0 radical (unpaired) electrons. The number of hydrogen-bond acceptors (Lipinski definition) is 4. The summed E-state index contributed by atoms with van der Waals surface area (Å²) in [7, 11) is 1.53. The van der Waals surface area contributed by atoms with Crippen LogP contribution in [0.2, 0.25) is 0 Å². The molecule has 0 bridgehead atoms. The van der Waals surface area contributed by atoms with Gasteiger partial charge in [0, 0.05) is 7.05 Å². The third-order valence-electron chi connectivity index (χ3n) is 1.82. The average Bonchev–Trinajstić information content (AvgIpc) is 2.48. The Hall–Kier alpha value is -1.89. The first-order chi connectivity index (χ1) is 6.93. The van der Waals surface area contributed by atoms with Crippen LogP contribution < -0.4 is 11.1 Å². The van der Waals surface area contributed by atoms with Crippen LogP contribution in [0, 0.1) is 0 Å². The fraction of sp³-hybridized carbons (Fsp3) is 0.375. The van der Waals surface area contributed by atoms with Gasteiger partial charge in [0.2, 0.25) is 5.91 Å². The van der Waals surface area contributed by atoms with Crippen LogP contribution in [0.1, 0.15) is 17.3 Å². The zero-order valence-electron chi connectivity index (χ0n) is 8.39. The fourth-order valence-electron chi connectivity index (χ4n) is 0.973. The standard InChI is InChI=1S/C8H12N4O3/c1-4(9)7(13)11-6-5(8(14)15)3-10-12(6)2/h3-4H,9H2,1-2H3,(H,11,13)(H,14,15). The van der Waals surface area contributed by atoms with E-state index in [-0.39, 0.29) is 11.4 Å². The van der Waals surface area contributed by atoms with E-state index in [0.29, 0.717) is 0 Å². The van der Waals surface area contributed by atoms with Crippen LogP contribution in [0.25, 0.3) is 0 Å². The highest BCUT2D eigenvalue weighted by molar-refractivity contribution is 6.00. The van der Waals surface area contributed by atoms with Crippen LogP contribution in [-0.4, -0.2) is 32.8 Å². The van der Waals surface area contributed by atoms with Gasteiger partial charge in [0.05, 0.1) is 12.2 Å².